The number of nitrogens with zero attached hydrogens (tertiary/aromatic N) is 1. The van der Waals surface area contributed by atoms with Crippen molar-refractivity contribution in [1.82, 2.24) is 4.98 Å². The zero-order valence-corrected chi connectivity index (χ0v) is 8.82. The van der Waals surface area contributed by atoms with Crippen LogP contribution in [0, 0.1) is 18.8 Å². The highest BCUT2D eigenvalue weighted by Crippen LogP contribution is 2.21. The molecule has 0 bridgehead atoms. The summed E-state index contributed by atoms with van der Waals surface area (Å²) < 4.78 is 0. The highest BCUT2D eigenvalue weighted by Gasteiger charge is 2.07. The Morgan fingerprint density at radius 1 is 1.69 bits per heavy atom. The minimum atomic E-state index is 0.104. The Labute approximate surface area is 83.2 Å². The predicted molar refractivity (Wildman–Crippen MR) is 56.5 cm³/mol. The average molecular weight is 194 g/mol. The van der Waals surface area contributed by atoms with Gasteiger partial charge in [-0.2, -0.15) is 0 Å². The molecule has 1 atom stereocenters. The maximum atomic E-state index is 5.95. The molecule has 0 fully saturated rings. The third kappa shape index (κ3) is 3.17. The average Bonchev–Trinajstić information content (AvgIpc) is 2.52. The highest BCUT2D eigenvalue weighted by molar-refractivity contribution is 7.11. The molecule has 2 N–H and O–H groups in total. The third-order valence-corrected chi connectivity index (χ3v) is 2.81. The van der Waals surface area contributed by atoms with E-state index in [1.165, 1.54) is 0 Å². The molecule has 70 valence electrons. The topological polar surface area (TPSA) is 38.9 Å². The van der Waals surface area contributed by atoms with E-state index in [9.17, 15) is 0 Å². The Kier molecular flexibility index (Phi) is 3.94. The van der Waals surface area contributed by atoms with Gasteiger partial charge in [0.1, 0.15) is 0 Å². The van der Waals surface area contributed by atoms with Gasteiger partial charge in [-0.25, -0.2) is 4.98 Å². The molecule has 1 aromatic heterocycles. The van der Waals surface area contributed by atoms with Gasteiger partial charge >= 0.3 is 0 Å². The molecule has 0 aliphatic heterocycles. The van der Waals surface area contributed by atoms with Crippen LogP contribution in [0.1, 0.15) is 35.7 Å². The minimum absolute atomic E-state index is 0.104. The lowest BCUT2D eigenvalue weighted by molar-refractivity contribution is 0.678. The fourth-order valence-corrected chi connectivity index (χ4v) is 1.87. The largest absolute Gasteiger partial charge is 0.323 e. The van der Waals surface area contributed by atoms with E-state index in [2.05, 4.69) is 16.8 Å². The second-order valence-electron chi connectivity index (χ2n) is 2.85. The van der Waals surface area contributed by atoms with Crippen LogP contribution < -0.4 is 5.73 Å². The van der Waals surface area contributed by atoms with Crippen LogP contribution in [0.3, 0.4) is 0 Å². The van der Waals surface area contributed by atoms with Gasteiger partial charge in [-0.15, -0.1) is 23.2 Å². The van der Waals surface area contributed by atoms with Crippen molar-refractivity contribution in [1.29, 1.82) is 0 Å². The van der Waals surface area contributed by atoms with Gasteiger partial charge in [0, 0.05) is 23.5 Å². The van der Waals surface area contributed by atoms with Crippen molar-refractivity contribution >= 4 is 11.3 Å². The summed E-state index contributed by atoms with van der Waals surface area (Å²) in [5.41, 5.74) is 5.95. The summed E-state index contributed by atoms with van der Waals surface area (Å²) in [4.78, 5) is 5.33. The Hall–Kier alpha value is -0.850. The van der Waals surface area contributed by atoms with Crippen molar-refractivity contribution in [2.24, 2.45) is 5.73 Å². The molecule has 2 nitrogen and oxygen atoms in total. The second kappa shape index (κ2) is 5.00. The SMILES string of the molecule is CC#CCCC(N)c1cnc(C)s1. The number of hydrogen-bond donors (Lipinski definition) is 1. The number of hydrogen-bond acceptors (Lipinski definition) is 3. The fourth-order valence-electron chi connectivity index (χ4n) is 1.04. The first-order chi connectivity index (χ1) is 6.24. The smallest absolute Gasteiger partial charge is 0.0897 e. The van der Waals surface area contributed by atoms with Gasteiger partial charge in [0.05, 0.1) is 5.01 Å². The summed E-state index contributed by atoms with van der Waals surface area (Å²) in [6, 6.07) is 0.104. The molecule has 3 heteroatoms. The molecule has 0 spiro atoms. The summed E-state index contributed by atoms with van der Waals surface area (Å²) in [5.74, 6) is 5.87. The molecule has 0 radical (unpaired) electrons. The van der Waals surface area contributed by atoms with Crippen LogP contribution in [0.15, 0.2) is 6.20 Å². The first-order valence-corrected chi connectivity index (χ1v) is 5.13. The zero-order valence-electron chi connectivity index (χ0n) is 8.00. The Morgan fingerprint density at radius 3 is 3.00 bits per heavy atom. The first-order valence-electron chi connectivity index (χ1n) is 4.31. The molecule has 0 saturated carbocycles. The van der Waals surface area contributed by atoms with Gasteiger partial charge < -0.3 is 5.73 Å². The fraction of sp³-hybridized carbons (Fsp3) is 0.500. The van der Waals surface area contributed by atoms with E-state index >= 15 is 0 Å². The molecular weight excluding hydrogens is 180 g/mol. The molecule has 13 heavy (non-hydrogen) atoms. The Morgan fingerprint density at radius 2 is 2.46 bits per heavy atom. The molecule has 0 aromatic carbocycles. The molecule has 0 aliphatic carbocycles. The molecule has 0 aliphatic rings. The van der Waals surface area contributed by atoms with Crippen molar-refractivity contribution in [2.75, 3.05) is 0 Å². The molecule has 0 amide bonds. The number of nitrogens with two attached hydrogens (primary N) is 1. The lowest BCUT2D eigenvalue weighted by Gasteiger charge is -2.04. The maximum Gasteiger partial charge on any atom is 0.0897 e. The van der Waals surface area contributed by atoms with E-state index in [4.69, 9.17) is 5.73 Å². The van der Waals surface area contributed by atoms with Crippen molar-refractivity contribution in [3.8, 4) is 11.8 Å². The van der Waals surface area contributed by atoms with Crippen molar-refractivity contribution < 1.29 is 0 Å². The van der Waals surface area contributed by atoms with E-state index < -0.39 is 0 Å². The summed E-state index contributed by atoms with van der Waals surface area (Å²) >= 11 is 1.67. The van der Waals surface area contributed by atoms with Gasteiger partial charge in [-0.05, 0) is 20.3 Å². The van der Waals surface area contributed by atoms with Gasteiger partial charge in [0.15, 0.2) is 0 Å². The second-order valence-corrected chi connectivity index (χ2v) is 4.12. The predicted octanol–water partition coefficient (Wildman–Crippen LogP) is 2.25. The molecule has 1 heterocycles. The van der Waals surface area contributed by atoms with Gasteiger partial charge in [-0.3, -0.25) is 0 Å². The summed E-state index contributed by atoms with van der Waals surface area (Å²) in [6.45, 7) is 3.84. The number of aryl methyl sites for hydroxylation is 1. The van der Waals surface area contributed by atoms with Crippen LogP contribution in [0.4, 0.5) is 0 Å². The van der Waals surface area contributed by atoms with Crippen molar-refractivity contribution in [3.05, 3.63) is 16.1 Å². The van der Waals surface area contributed by atoms with Crippen LogP contribution in [0.25, 0.3) is 0 Å². The Balaban J connectivity index is 2.47. The van der Waals surface area contributed by atoms with Crippen LogP contribution in [-0.4, -0.2) is 4.98 Å². The molecule has 0 saturated heterocycles. The Bertz CT molecular complexity index is 319. The molecular formula is C10H14N2S. The van der Waals surface area contributed by atoms with E-state index in [0.717, 1.165) is 22.7 Å². The zero-order chi connectivity index (χ0) is 9.68. The van der Waals surface area contributed by atoms with E-state index in [1.807, 2.05) is 20.0 Å². The van der Waals surface area contributed by atoms with Crippen LogP contribution in [-0.2, 0) is 0 Å². The van der Waals surface area contributed by atoms with Crippen LogP contribution in [0.2, 0.25) is 0 Å². The quantitative estimate of drug-likeness (QED) is 0.750. The lowest BCUT2D eigenvalue weighted by atomic mass is 10.1. The van der Waals surface area contributed by atoms with Gasteiger partial charge in [0.2, 0.25) is 0 Å². The molecule has 1 rings (SSSR count). The van der Waals surface area contributed by atoms with Crippen LogP contribution >= 0.6 is 11.3 Å². The van der Waals surface area contributed by atoms with Gasteiger partial charge in [0.25, 0.3) is 0 Å². The number of thiazole rings is 1. The first kappa shape index (κ1) is 10.2. The standard InChI is InChI=1S/C10H14N2S/c1-3-4-5-6-9(11)10-7-12-8(2)13-10/h7,9H,5-6,11H2,1-2H3. The normalized spacial score (nSPS) is 11.9. The summed E-state index contributed by atoms with van der Waals surface area (Å²) in [7, 11) is 0. The van der Waals surface area contributed by atoms with Crippen LogP contribution in [0.5, 0.6) is 0 Å². The van der Waals surface area contributed by atoms with Crippen molar-refractivity contribution in [3.63, 3.8) is 0 Å². The number of rotatable bonds is 3. The maximum absolute atomic E-state index is 5.95. The highest BCUT2D eigenvalue weighted by atomic mass is 32.1. The third-order valence-electron chi connectivity index (χ3n) is 1.76. The summed E-state index contributed by atoms with van der Waals surface area (Å²) in [6.07, 6.45) is 3.65. The van der Waals surface area contributed by atoms with E-state index in [1.54, 1.807) is 11.3 Å². The minimum Gasteiger partial charge on any atom is -0.323 e. The molecule has 1 aromatic rings. The molecule has 1 unspecified atom stereocenters. The lowest BCUT2D eigenvalue weighted by Crippen LogP contribution is -2.07. The van der Waals surface area contributed by atoms with E-state index in [0.29, 0.717) is 0 Å². The monoisotopic (exact) mass is 194 g/mol. The van der Waals surface area contributed by atoms with Gasteiger partial charge in [-0.1, -0.05) is 0 Å². The summed E-state index contributed by atoms with van der Waals surface area (Å²) in [5, 5.41) is 1.08. The van der Waals surface area contributed by atoms with Crippen molar-refractivity contribution in [2.45, 2.75) is 32.7 Å². The number of aromatic nitrogens is 1. The van der Waals surface area contributed by atoms with E-state index in [-0.39, 0.29) is 6.04 Å².